The lowest BCUT2D eigenvalue weighted by Gasteiger charge is -2.23. The molecule has 1 fully saturated rings. The average Bonchev–Trinajstić information content (AvgIpc) is 2.69. The molecule has 0 saturated heterocycles. The molecule has 1 amide bonds. The van der Waals surface area contributed by atoms with E-state index >= 15 is 0 Å². The number of carbonyl (C=O) groups is 1. The highest BCUT2D eigenvalue weighted by Crippen LogP contribution is 2.30. The van der Waals surface area contributed by atoms with Crippen LogP contribution >= 0.6 is 0 Å². The third-order valence-electron chi connectivity index (χ3n) is 4.96. The highest BCUT2D eigenvalue weighted by Gasteiger charge is 2.30. The molecule has 0 atom stereocenters. The summed E-state index contributed by atoms with van der Waals surface area (Å²) >= 11 is 0. The number of nitrogens with zero attached hydrogens (tertiary/aromatic N) is 2. The Morgan fingerprint density at radius 1 is 1.11 bits per heavy atom. The molecule has 1 heterocycles. The van der Waals surface area contributed by atoms with Crippen LogP contribution in [0.3, 0.4) is 0 Å². The van der Waals surface area contributed by atoms with Gasteiger partial charge in [0.1, 0.15) is 5.69 Å². The standard InChI is InChI=1S/C20H25N3O3S/c1-15-13-23-18(14-22-15)20(24)21-12-11-16-7-5-6-10-19(16)27(25,26)17-8-3-2-4-9-17/h5-7,10,13-14,17H,2-4,8-9,11-12H2,1H3,(H,21,24). The van der Waals surface area contributed by atoms with E-state index in [0.717, 1.165) is 43.4 Å². The van der Waals surface area contributed by atoms with Crippen molar-refractivity contribution in [2.24, 2.45) is 0 Å². The molecular formula is C20H25N3O3S. The summed E-state index contributed by atoms with van der Waals surface area (Å²) in [7, 11) is -3.34. The van der Waals surface area contributed by atoms with Crippen molar-refractivity contribution in [1.82, 2.24) is 15.3 Å². The van der Waals surface area contributed by atoms with E-state index < -0.39 is 9.84 Å². The zero-order valence-corrected chi connectivity index (χ0v) is 16.3. The van der Waals surface area contributed by atoms with Crippen molar-refractivity contribution in [3.63, 3.8) is 0 Å². The molecule has 1 N–H and O–H groups in total. The third kappa shape index (κ3) is 4.71. The molecule has 1 aliphatic rings. The summed E-state index contributed by atoms with van der Waals surface area (Å²) in [5.41, 5.74) is 1.75. The number of amides is 1. The number of benzene rings is 1. The van der Waals surface area contributed by atoms with Crippen LogP contribution in [-0.2, 0) is 16.3 Å². The minimum atomic E-state index is -3.34. The monoisotopic (exact) mass is 387 g/mol. The molecular weight excluding hydrogens is 362 g/mol. The highest BCUT2D eigenvalue weighted by atomic mass is 32.2. The van der Waals surface area contributed by atoms with E-state index in [2.05, 4.69) is 15.3 Å². The van der Waals surface area contributed by atoms with Gasteiger partial charge in [-0.15, -0.1) is 0 Å². The fraction of sp³-hybridized carbons (Fsp3) is 0.450. The van der Waals surface area contributed by atoms with Crippen LogP contribution in [0.1, 0.15) is 53.8 Å². The Hall–Kier alpha value is -2.28. The maximum Gasteiger partial charge on any atom is 0.271 e. The van der Waals surface area contributed by atoms with Gasteiger partial charge < -0.3 is 5.32 Å². The summed E-state index contributed by atoms with van der Waals surface area (Å²) < 4.78 is 26.1. The number of hydrogen-bond acceptors (Lipinski definition) is 5. The van der Waals surface area contributed by atoms with Gasteiger partial charge in [0.2, 0.25) is 0 Å². The Balaban J connectivity index is 1.67. The van der Waals surface area contributed by atoms with Gasteiger partial charge in [-0.05, 0) is 37.8 Å². The van der Waals surface area contributed by atoms with Gasteiger partial charge in [0.15, 0.2) is 9.84 Å². The van der Waals surface area contributed by atoms with E-state index in [0.29, 0.717) is 17.9 Å². The summed E-state index contributed by atoms with van der Waals surface area (Å²) in [6, 6.07) is 7.11. The maximum absolute atomic E-state index is 13.1. The number of aryl methyl sites for hydroxylation is 1. The van der Waals surface area contributed by atoms with Gasteiger partial charge in [-0.25, -0.2) is 13.4 Å². The first-order valence-electron chi connectivity index (χ1n) is 9.37. The van der Waals surface area contributed by atoms with Crippen molar-refractivity contribution in [2.45, 2.75) is 55.6 Å². The molecule has 0 bridgehead atoms. The molecule has 1 aromatic carbocycles. The Kier molecular flexibility index (Phi) is 6.21. The lowest BCUT2D eigenvalue weighted by molar-refractivity contribution is 0.0948. The van der Waals surface area contributed by atoms with Crippen molar-refractivity contribution < 1.29 is 13.2 Å². The maximum atomic E-state index is 13.1. The van der Waals surface area contributed by atoms with Gasteiger partial charge in [0, 0.05) is 12.7 Å². The minimum absolute atomic E-state index is 0.253. The fourth-order valence-electron chi connectivity index (χ4n) is 3.45. The minimum Gasteiger partial charge on any atom is -0.350 e. The number of rotatable bonds is 6. The van der Waals surface area contributed by atoms with Gasteiger partial charge in [0.25, 0.3) is 5.91 Å². The number of aromatic nitrogens is 2. The Morgan fingerprint density at radius 3 is 2.56 bits per heavy atom. The number of nitrogens with one attached hydrogen (secondary N) is 1. The molecule has 6 nitrogen and oxygen atoms in total. The summed E-state index contributed by atoms with van der Waals surface area (Å²) in [6.45, 7) is 2.14. The molecule has 0 radical (unpaired) electrons. The second kappa shape index (κ2) is 8.61. The van der Waals surface area contributed by atoms with Crippen molar-refractivity contribution >= 4 is 15.7 Å². The number of carbonyl (C=O) groups excluding carboxylic acids is 1. The Morgan fingerprint density at radius 2 is 1.85 bits per heavy atom. The summed E-state index contributed by atoms with van der Waals surface area (Å²) in [6.07, 6.45) is 7.96. The second-order valence-corrected chi connectivity index (χ2v) is 9.16. The Labute approximate surface area is 160 Å². The first kappa shape index (κ1) is 19.5. The molecule has 1 saturated carbocycles. The number of sulfone groups is 1. The van der Waals surface area contributed by atoms with Crippen LogP contribution < -0.4 is 5.32 Å². The van der Waals surface area contributed by atoms with Gasteiger partial charge in [-0.1, -0.05) is 37.5 Å². The SMILES string of the molecule is Cc1cnc(C(=O)NCCc2ccccc2S(=O)(=O)C2CCCCC2)cn1. The zero-order valence-electron chi connectivity index (χ0n) is 15.5. The summed E-state index contributed by atoms with van der Waals surface area (Å²) in [5, 5.41) is 2.50. The molecule has 0 spiro atoms. The topological polar surface area (TPSA) is 89.0 Å². The molecule has 1 aromatic heterocycles. The molecule has 144 valence electrons. The summed E-state index contributed by atoms with van der Waals surface area (Å²) in [5.74, 6) is -0.310. The van der Waals surface area contributed by atoms with Crippen LogP contribution in [0, 0.1) is 6.92 Å². The van der Waals surface area contributed by atoms with Gasteiger partial charge in [-0.2, -0.15) is 0 Å². The number of hydrogen-bond donors (Lipinski definition) is 1. The fourth-order valence-corrected chi connectivity index (χ4v) is 5.57. The van der Waals surface area contributed by atoms with Gasteiger partial charge in [0.05, 0.1) is 22.0 Å². The van der Waals surface area contributed by atoms with E-state index in [1.807, 2.05) is 12.1 Å². The van der Waals surface area contributed by atoms with Crippen LogP contribution in [0.5, 0.6) is 0 Å². The molecule has 0 unspecified atom stereocenters. The molecule has 2 aromatic rings. The summed E-state index contributed by atoms with van der Waals surface area (Å²) in [4.78, 5) is 20.7. The zero-order chi connectivity index (χ0) is 19.3. The van der Waals surface area contributed by atoms with Crippen molar-refractivity contribution in [3.8, 4) is 0 Å². The largest absolute Gasteiger partial charge is 0.350 e. The quantitative estimate of drug-likeness (QED) is 0.823. The predicted molar refractivity (Wildman–Crippen MR) is 103 cm³/mol. The van der Waals surface area contributed by atoms with E-state index in [1.54, 1.807) is 25.3 Å². The van der Waals surface area contributed by atoms with Crippen LogP contribution in [0.25, 0.3) is 0 Å². The van der Waals surface area contributed by atoms with E-state index in [1.165, 1.54) is 6.20 Å². The molecule has 1 aliphatic carbocycles. The first-order valence-corrected chi connectivity index (χ1v) is 10.9. The lowest BCUT2D eigenvalue weighted by Crippen LogP contribution is -2.28. The first-order chi connectivity index (χ1) is 13.0. The molecule has 0 aliphatic heterocycles. The predicted octanol–water partition coefficient (Wildman–Crippen LogP) is 2.86. The van der Waals surface area contributed by atoms with Crippen LogP contribution in [-0.4, -0.2) is 36.1 Å². The smallest absolute Gasteiger partial charge is 0.271 e. The Bertz CT molecular complexity index is 889. The average molecular weight is 388 g/mol. The van der Waals surface area contributed by atoms with Gasteiger partial charge >= 0.3 is 0 Å². The van der Waals surface area contributed by atoms with Crippen molar-refractivity contribution in [1.29, 1.82) is 0 Å². The second-order valence-electron chi connectivity index (χ2n) is 6.96. The normalized spacial score (nSPS) is 15.4. The third-order valence-corrected chi connectivity index (χ3v) is 7.32. The lowest BCUT2D eigenvalue weighted by atomic mass is 10.0. The van der Waals surface area contributed by atoms with Gasteiger partial charge in [-0.3, -0.25) is 9.78 Å². The van der Waals surface area contributed by atoms with Crippen LogP contribution in [0.4, 0.5) is 0 Å². The molecule has 27 heavy (non-hydrogen) atoms. The molecule has 3 rings (SSSR count). The van der Waals surface area contributed by atoms with Crippen LogP contribution in [0.15, 0.2) is 41.6 Å². The van der Waals surface area contributed by atoms with Crippen molar-refractivity contribution in [3.05, 3.63) is 53.6 Å². The van der Waals surface area contributed by atoms with Crippen LogP contribution in [0.2, 0.25) is 0 Å². The van der Waals surface area contributed by atoms with E-state index in [-0.39, 0.29) is 16.9 Å². The molecule has 7 heteroatoms. The van der Waals surface area contributed by atoms with E-state index in [9.17, 15) is 13.2 Å². The van der Waals surface area contributed by atoms with E-state index in [4.69, 9.17) is 0 Å². The van der Waals surface area contributed by atoms with Crippen molar-refractivity contribution in [2.75, 3.05) is 6.54 Å². The highest BCUT2D eigenvalue weighted by molar-refractivity contribution is 7.92.